The number of quaternary nitrogens is 1. The number of benzene rings is 1. The van der Waals surface area contributed by atoms with Gasteiger partial charge in [-0.2, -0.15) is 4.59 Å². The van der Waals surface area contributed by atoms with Crippen LogP contribution in [0.5, 0.6) is 0 Å². The van der Waals surface area contributed by atoms with Gasteiger partial charge in [-0.3, -0.25) is 0 Å². The van der Waals surface area contributed by atoms with Crippen molar-refractivity contribution in [3.05, 3.63) is 30.3 Å². The summed E-state index contributed by atoms with van der Waals surface area (Å²) < 4.78 is 0.590. The molecule has 0 unspecified atom stereocenters. The Morgan fingerprint density at radius 2 is 2.00 bits per heavy atom. The van der Waals surface area contributed by atoms with Gasteiger partial charge in [0.05, 0.1) is 13.5 Å². The summed E-state index contributed by atoms with van der Waals surface area (Å²) in [7, 11) is 2.08. The van der Waals surface area contributed by atoms with Gasteiger partial charge in [0.2, 0.25) is 0 Å². The Balaban J connectivity index is 2.37. The molecule has 1 aromatic carbocycles. The Morgan fingerprint density at radius 1 is 1.31 bits per heavy atom. The van der Waals surface area contributed by atoms with E-state index in [4.69, 9.17) is 5.73 Å². The van der Waals surface area contributed by atoms with Crippen LogP contribution in [0.15, 0.2) is 35.4 Å². The minimum absolute atomic E-state index is 0.590. The van der Waals surface area contributed by atoms with Gasteiger partial charge in [-0.05, 0) is 0 Å². The maximum Gasteiger partial charge on any atom is 0.161 e. The number of rotatable bonds is 1. The molecule has 68 valence electrons. The molecule has 3 heteroatoms. The maximum absolute atomic E-state index is 5.68. The summed E-state index contributed by atoms with van der Waals surface area (Å²) >= 11 is 0. The lowest BCUT2D eigenvalue weighted by molar-refractivity contribution is 0.383. The number of hydrogen-bond acceptors (Lipinski definition) is 2. The highest BCUT2D eigenvalue weighted by atomic mass is 15.6. The molecule has 0 aliphatic carbocycles. The van der Waals surface area contributed by atoms with E-state index in [0.29, 0.717) is 4.59 Å². The van der Waals surface area contributed by atoms with Crippen molar-refractivity contribution in [1.29, 1.82) is 0 Å². The Labute approximate surface area is 78.1 Å². The van der Waals surface area contributed by atoms with Crippen LogP contribution in [0.1, 0.15) is 6.42 Å². The van der Waals surface area contributed by atoms with Crippen LogP contribution < -0.4 is 10.3 Å². The van der Waals surface area contributed by atoms with Crippen molar-refractivity contribution in [3.8, 4) is 0 Å². The van der Waals surface area contributed by atoms with Crippen molar-refractivity contribution in [1.82, 2.24) is 4.59 Å². The van der Waals surface area contributed by atoms with Gasteiger partial charge in [-0.25, -0.2) is 0 Å². The van der Waals surface area contributed by atoms with Gasteiger partial charge < -0.3 is 5.73 Å². The third-order valence-electron chi connectivity index (χ3n) is 2.46. The number of amidine groups is 1. The van der Waals surface area contributed by atoms with Gasteiger partial charge >= 0.3 is 0 Å². The summed E-state index contributed by atoms with van der Waals surface area (Å²) in [6.07, 6.45) is 0.894. The van der Waals surface area contributed by atoms with Gasteiger partial charge in [0.15, 0.2) is 11.5 Å². The minimum Gasteiger partial charge on any atom is -0.383 e. The molecule has 0 aromatic heterocycles. The highest BCUT2D eigenvalue weighted by Crippen LogP contribution is 2.24. The Bertz CT molecular complexity index is 331. The second kappa shape index (κ2) is 2.85. The van der Waals surface area contributed by atoms with E-state index in [9.17, 15) is 0 Å². The van der Waals surface area contributed by atoms with E-state index in [1.54, 1.807) is 0 Å². The second-order valence-electron chi connectivity index (χ2n) is 3.54. The van der Waals surface area contributed by atoms with E-state index in [2.05, 4.69) is 24.3 Å². The Kier molecular flexibility index (Phi) is 1.81. The molecule has 13 heavy (non-hydrogen) atoms. The summed E-state index contributed by atoms with van der Waals surface area (Å²) in [4.78, 5) is 0. The summed E-state index contributed by atoms with van der Waals surface area (Å²) in [5, 5.41) is 4.42. The first-order valence-corrected chi connectivity index (χ1v) is 4.46. The van der Waals surface area contributed by atoms with Crippen LogP contribution in [-0.4, -0.2) is 19.4 Å². The molecule has 0 radical (unpaired) electrons. The first kappa shape index (κ1) is 8.26. The summed E-state index contributed by atoms with van der Waals surface area (Å²) in [5.41, 5.74) is 6.88. The molecule has 1 aliphatic rings. The molecule has 2 N–H and O–H groups in total. The topological polar surface area (TPSA) is 38.4 Å². The highest BCUT2D eigenvalue weighted by molar-refractivity contribution is 5.83. The van der Waals surface area contributed by atoms with Crippen LogP contribution >= 0.6 is 0 Å². The maximum atomic E-state index is 5.68. The van der Waals surface area contributed by atoms with Crippen molar-refractivity contribution in [2.75, 3.05) is 13.6 Å². The lowest BCUT2D eigenvalue weighted by atomic mass is 10.3. The molecule has 0 bridgehead atoms. The monoisotopic (exact) mass is 176 g/mol. The fraction of sp³-hybridized carbons (Fsp3) is 0.300. The molecule has 0 saturated carbocycles. The van der Waals surface area contributed by atoms with E-state index in [0.717, 1.165) is 18.8 Å². The summed E-state index contributed by atoms with van der Waals surface area (Å²) in [6, 6.07) is 10.2. The van der Waals surface area contributed by atoms with Gasteiger partial charge in [0.1, 0.15) is 6.54 Å². The fourth-order valence-electron chi connectivity index (χ4n) is 1.65. The minimum atomic E-state index is 0.590. The van der Waals surface area contributed by atoms with Crippen molar-refractivity contribution >= 4 is 11.5 Å². The van der Waals surface area contributed by atoms with E-state index in [1.807, 2.05) is 18.2 Å². The average molecular weight is 176 g/mol. The SMILES string of the molecule is C[N@@+]1(c2ccccc2)CCC(N)=N1. The normalized spacial score (nSPS) is 27.3. The van der Waals surface area contributed by atoms with Crippen LogP contribution in [0, 0.1) is 0 Å². The lowest BCUT2D eigenvalue weighted by Crippen LogP contribution is -2.36. The van der Waals surface area contributed by atoms with Gasteiger partial charge in [0.25, 0.3) is 0 Å². The van der Waals surface area contributed by atoms with E-state index < -0.39 is 0 Å². The Hall–Kier alpha value is -1.35. The molecule has 0 saturated heterocycles. The van der Waals surface area contributed by atoms with Crippen LogP contribution in [0.25, 0.3) is 0 Å². The number of nitrogens with two attached hydrogens (primary N) is 1. The molecule has 0 spiro atoms. The number of hydrogen-bond donors (Lipinski definition) is 1. The van der Waals surface area contributed by atoms with E-state index in [-0.39, 0.29) is 0 Å². The predicted octanol–water partition coefficient (Wildman–Crippen LogP) is 1.30. The first-order chi connectivity index (χ1) is 6.21. The van der Waals surface area contributed by atoms with Gasteiger partial charge in [-0.1, -0.05) is 23.3 Å². The van der Waals surface area contributed by atoms with Crippen LogP contribution in [0.3, 0.4) is 0 Å². The average Bonchev–Trinajstić information content (AvgIpc) is 2.49. The summed E-state index contributed by atoms with van der Waals surface area (Å²) in [6.45, 7) is 0.968. The van der Waals surface area contributed by atoms with Crippen LogP contribution in [0.4, 0.5) is 5.69 Å². The Morgan fingerprint density at radius 3 is 2.54 bits per heavy atom. The standard InChI is InChI=1S/C10H14N3/c1-13(8-7-10(11)12-13)9-5-3-2-4-6-9/h2-6H,7-8H2,1H3,(H2,11,12)/q+1/t13-/m0/s1. The second-order valence-corrected chi connectivity index (χ2v) is 3.54. The zero-order chi connectivity index (χ0) is 9.31. The quantitative estimate of drug-likeness (QED) is 0.643. The van der Waals surface area contributed by atoms with E-state index in [1.165, 1.54) is 5.69 Å². The molecule has 1 aliphatic heterocycles. The third-order valence-corrected chi connectivity index (χ3v) is 2.46. The van der Waals surface area contributed by atoms with Crippen molar-refractivity contribution in [2.45, 2.75) is 6.42 Å². The highest BCUT2D eigenvalue weighted by Gasteiger charge is 2.30. The fourth-order valence-corrected chi connectivity index (χ4v) is 1.65. The first-order valence-electron chi connectivity index (χ1n) is 4.46. The smallest absolute Gasteiger partial charge is 0.161 e. The number of para-hydroxylation sites is 1. The third kappa shape index (κ3) is 1.42. The van der Waals surface area contributed by atoms with Crippen LogP contribution in [0.2, 0.25) is 0 Å². The van der Waals surface area contributed by atoms with Crippen molar-refractivity contribution < 1.29 is 0 Å². The zero-order valence-corrected chi connectivity index (χ0v) is 7.77. The van der Waals surface area contributed by atoms with E-state index >= 15 is 0 Å². The molecule has 1 heterocycles. The molecule has 0 amide bonds. The number of nitrogens with zero attached hydrogens (tertiary/aromatic N) is 2. The van der Waals surface area contributed by atoms with Crippen molar-refractivity contribution in [3.63, 3.8) is 0 Å². The largest absolute Gasteiger partial charge is 0.383 e. The molecule has 1 atom stereocenters. The molecule has 3 nitrogen and oxygen atoms in total. The molecule has 1 aromatic rings. The molecular weight excluding hydrogens is 162 g/mol. The summed E-state index contributed by atoms with van der Waals surface area (Å²) in [5.74, 6) is 0.756. The zero-order valence-electron chi connectivity index (χ0n) is 7.77. The van der Waals surface area contributed by atoms with Crippen LogP contribution in [-0.2, 0) is 0 Å². The predicted molar refractivity (Wildman–Crippen MR) is 55.3 cm³/mol. The molecule has 2 rings (SSSR count). The van der Waals surface area contributed by atoms with Gasteiger partial charge in [-0.15, -0.1) is 0 Å². The molecular formula is C10H14N3+. The molecule has 0 fully saturated rings. The van der Waals surface area contributed by atoms with Gasteiger partial charge in [0, 0.05) is 12.1 Å². The lowest BCUT2D eigenvalue weighted by Gasteiger charge is -2.21. The van der Waals surface area contributed by atoms with Crippen molar-refractivity contribution in [2.24, 2.45) is 10.8 Å².